The Morgan fingerprint density at radius 2 is 1.74 bits per heavy atom. The molecule has 7 heteroatoms. The summed E-state index contributed by atoms with van der Waals surface area (Å²) in [6.45, 7) is 1.89. The van der Waals surface area contributed by atoms with Gasteiger partial charge < -0.3 is 0 Å². The lowest BCUT2D eigenvalue weighted by Gasteiger charge is -2.20. The average Bonchev–Trinajstić information content (AvgIpc) is 3.17. The number of aromatic nitrogens is 1. The summed E-state index contributed by atoms with van der Waals surface area (Å²) >= 11 is 1.38. The standard InChI is InChI=1S/C24H17F3N2OS/c1-16-7-2-4-11-20(16)29(23-28-19-10-3-5-12-21(19)31-23)22(30)14-13-17-8-6-9-18(15-17)24(25,26)27/h2-15H,1H3. The van der Waals surface area contributed by atoms with Crippen LogP contribution in [0.15, 0.2) is 78.9 Å². The van der Waals surface area contributed by atoms with Crippen molar-refractivity contribution in [3.63, 3.8) is 0 Å². The quantitative estimate of drug-likeness (QED) is 0.321. The molecule has 4 rings (SSSR count). The van der Waals surface area contributed by atoms with Crippen LogP contribution in [0.5, 0.6) is 0 Å². The van der Waals surface area contributed by atoms with Gasteiger partial charge in [0.2, 0.25) is 0 Å². The van der Waals surface area contributed by atoms with Crippen molar-refractivity contribution >= 4 is 44.4 Å². The van der Waals surface area contributed by atoms with E-state index in [1.54, 1.807) is 0 Å². The van der Waals surface area contributed by atoms with E-state index in [1.165, 1.54) is 40.5 Å². The number of aryl methyl sites for hydroxylation is 1. The molecule has 0 spiro atoms. The third-order valence-corrected chi connectivity index (χ3v) is 5.70. The normalized spacial score (nSPS) is 11.9. The van der Waals surface area contributed by atoms with Crippen LogP contribution in [0.4, 0.5) is 24.0 Å². The van der Waals surface area contributed by atoms with Gasteiger partial charge in [-0.05, 0) is 54.5 Å². The van der Waals surface area contributed by atoms with Crippen molar-refractivity contribution in [2.75, 3.05) is 4.90 Å². The molecule has 0 N–H and O–H groups in total. The van der Waals surface area contributed by atoms with Gasteiger partial charge in [0.05, 0.1) is 21.5 Å². The molecule has 0 atom stereocenters. The summed E-state index contributed by atoms with van der Waals surface area (Å²) in [7, 11) is 0. The summed E-state index contributed by atoms with van der Waals surface area (Å²) in [6, 6.07) is 19.8. The van der Waals surface area contributed by atoms with Crippen molar-refractivity contribution in [3.05, 3.63) is 95.6 Å². The molecule has 0 radical (unpaired) electrons. The summed E-state index contributed by atoms with van der Waals surface area (Å²) in [4.78, 5) is 19.3. The molecule has 3 nitrogen and oxygen atoms in total. The highest BCUT2D eigenvalue weighted by Gasteiger charge is 2.30. The molecule has 31 heavy (non-hydrogen) atoms. The monoisotopic (exact) mass is 438 g/mol. The third kappa shape index (κ3) is 4.51. The number of alkyl halides is 3. The van der Waals surface area contributed by atoms with Gasteiger partial charge in [-0.2, -0.15) is 13.2 Å². The van der Waals surface area contributed by atoms with Crippen LogP contribution >= 0.6 is 11.3 Å². The van der Waals surface area contributed by atoms with E-state index in [0.29, 0.717) is 10.8 Å². The third-order valence-electron chi connectivity index (χ3n) is 4.68. The highest BCUT2D eigenvalue weighted by Crippen LogP contribution is 2.35. The minimum Gasteiger partial charge on any atom is -0.269 e. The largest absolute Gasteiger partial charge is 0.416 e. The Morgan fingerprint density at radius 3 is 2.48 bits per heavy atom. The second kappa shape index (κ2) is 8.35. The smallest absolute Gasteiger partial charge is 0.269 e. The molecule has 1 amide bonds. The SMILES string of the molecule is Cc1ccccc1N(C(=O)C=Cc1cccc(C(F)(F)F)c1)c1nc2ccccc2s1. The minimum absolute atomic E-state index is 0.289. The van der Waals surface area contributed by atoms with Crippen LogP contribution in [0.2, 0.25) is 0 Å². The molecule has 0 saturated heterocycles. The van der Waals surface area contributed by atoms with E-state index in [-0.39, 0.29) is 5.56 Å². The fourth-order valence-electron chi connectivity index (χ4n) is 3.15. The molecule has 3 aromatic carbocycles. The second-order valence-corrected chi connectivity index (χ2v) is 7.89. The van der Waals surface area contributed by atoms with Crippen LogP contribution in [0.1, 0.15) is 16.7 Å². The van der Waals surface area contributed by atoms with Gasteiger partial charge in [-0.1, -0.05) is 53.8 Å². The molecule has 1 aromatic heterocycles. The van der Waals surface area contributed by atoms with Crippen LogP contribution in [0.3, 0.4) is 0 Å². The summed E-state index contributed by atoms with van der Waals surface area (Å²) < 4.78 is 39.9. The Kier molecular flexibility index (Phi) is 5.61. The maximum atomic E-state index is 13.2. The topological polar surface area (TPSA) is 33.2 Å². The van der Waals surface area contributed by atoms with Crippen LogP contribution in [-0.2, 0) is 11.0 Å². The minimum atomic E-state index is -4.44. The van der Waals surface area contributed by atoms with E-state index in [1.807, 2.05) is 55.5 Å². The molecule has 0 fully saturated rings. The number of nitrogens with zero attached hydrogens (tertiary/aromatic N) is 2. The van der Waals surface area contributed by atoms with Gasteiger partial charge in [-0.25, -0.2) is 4.98 Å². The first-order chi connectivity index (χ1) is 14.8. The lowest BCUT2D eigenvalue weighted by molar-refractivity contribution is -0.137. The molecule has 4 aromatic rings. The molecule has 1 heterocycles. The van der Waals surface area contributed by atoms with Crippen molar-refractivity contribution in [3.8, 4) is 0 Å². The number of fused-ring (bicyclic) bond motifs is 1. The number of para-hydroxylation sites is 2. The van der Waals surface area contributed by atoms with Gasteiger partial charge in [0.25, 0.3) is 5.91 Å². The predicted molar refractivity (Wildman–Crippen MR) is 118 cm³/mol. The van der Waals surface area contributed by atoms with Gasteiger partial charge in [0, 0.05) is 6.08 Å². The lowest BCUT2D eigenvalue weighted by Crippen LogP contribution is -2.24. The van der Waals surface area contributed by atoms with Crippen LogP contribution in [0.25, 0.3) is 16.3 Å². The first kappa shape index (κ1) is 20.8. The summed E-state index contributed by atoms with van der Waals surface area (Å²) in [5.74, 6) is -0.397. The molecule has 156 valence electrons. The molecule has 0 aliphatic rings. The predicted octanol–water partition coefficient (Wildman–Crippen LogP) is 7.00. The van der Waals surface area contributed by atoms with Gasteiger partial charge in [-0.15, -0.1) is 0 Å². The van der Waals surface area contributed by atoms with Crippen molar-refractivity contribution < 1.29 is 18.0 Å². The van der Waals surface area contributed by atoms with E-state index < -0.39 is 17.6 Å². The zero-order chi connectivity index (χ0) is 22.0. The maximum Gasteiger partial charge on any atom is 0.416 e. The van der Waals surface area contributed by atoms with Crippen LogP contribution in [0, 0.1) is 6.92 Å². The van der Waals surface area contributed by atoms with Crippen molar-refractivity contribution in [2.24, 2.45) is 0 Å². The summed E-state index contributed by atoms with van der Waals surface area (Å²) in [5, 5.41) is 0.495. The van der Waals surface area contributed by atoms with Gasteiger partial charge >= 0.3 is 6.18 Å². The highest BCUT2D eigenvalue weighted by molar-refractivity contribution is 7.22. The maximum absolute atomic E-state index is 13.2. The fourth-order valence-corrected chi connectivity index (χ4v) is 4.13. The number of hydrogen-bond acceptors (Lipinski definition) is 3. The number of carbonyl (C=O) groups excluding carboxylic acids is 1. The average molecular weight is 438 g/mol. The number of rotatable bonds is 4. The molecule has 0 saturated carbocycles. The molecule has 0 unspecified atom stereocenters. The Labute approximate surface area is 181 Å². The number of anilines is 2. The molecule has 0 bridgehead atoms. The number of halogens is 3. The van der Waals surface area contributed by atoms with E-state index in [4.69, 9.17) is 0 Å². The Balaban J connectivity index is 1.73. The first-order valence-corrected chi connectivity index (χ1v) is 10.3. The number of amides is 1. The molecular weight excluding hydrogens is 421 g/mol. The van der Waals surface area contributed by atoms with E-state index in [0.717, 1.165) is 27.9 Å². The number of hydrogen-bond donors (Lipinski definition) is 0. The molecular formula is C24H17F3N2OS. The number of benzene rings is 3. The summed E-state index contributed by atoms with van der Waals surface area (Å²) in [6.07, 6.45) is -1.79. The van der Waals surface area contributed by atoms with Crippen molar-refractivity contribution in [1.29, 1.82) is 0 Å². The zero-order valence-electron chi connectivity index (χ0n) is 16.4. The Bertz CT molecular complexity index is 1240. The molecule has 0 aliphatic heterocycles. The Morgan fingerprint density at radius 1 is 1.00 bits per heavy atom. The Hall–Kier alpha value is -3.45. The second-order valence-electron chi connectivity index (χ2n) is 6.88. The fraction of sp³-hybridized carbons (Fsp3) is 0.0833. The van der Waals surface area contributed by atoms with Crippen molar-refractivity contribution in [1.82, 2.24) is 4.98 Å². The highest BCUT2D eigenvalue weighted by atomic mass is 32.1. The van der Waals surface area contributed by atoms with Crippen LogP contribution < -0.4 is 4.90 Å². The number of carbonyl (C=O) groups is 1. The van der Waals surface area contributed by atoms with Crippen LogP contribution in [-0.4, -0.2) is 10.9 Å². The number of thiazole rings is 1. The van der Waals surface area contributed by atoms with E-state index in [9.17, 15) is 18.0 Å². The lowest BCUT2D eigenvalue weighted by atomic mass is 10.1. The van der Waals surface area contributed by atoms with Gasteiger partial charge in [0.15, 0.2) is 5.13 Å². The zero-order valence-corrected chi connectivity index (χ0v) is 17.2. The van der Waals surface area contributed by atoms with Gasteiger partial charge in [-0.3, -0.25) is 9.69 Å². The van der Waals surface area contributed by atoms with Gasteiger partial charge in [0.1, 0.15) is 0 Å². The summed E-state index contributed by atoms with van der Waals surface area (Å²) in [5.41, 5.74) is 1.85. The van der Waals surface area contributed by atoms with E-state index >= 15 is 0 Å². The van der Waals surface area contributed by atoms with Crippen molar-refractivity contribution in [2.45, 2.75) is 13.1 Å². The molecule has 0 aliphatic carbocycles. The first-order valence-electron chi connectivity index (χ1n) is 9.43. The van der Waals surface area contributed by atoms with E-state index in [2.05, 4.69) is 4.98 Å².